The van der Waals surface area contributed by atoms with Gasteiger partial charge < -0.3 is 9.80 Å². The van der Waals surface area contributed by atoms with E-state index >= 15 is 0 Å². The highest BCUT2D eigenvalue weighted by molar-refractivity contribution is 7.21. The zero-order valence-electron chi connectivity index (χ0n) is 37.5. The molecule has 0 saturated carbocycles. The number of benzene rings is 11. The number of para-hydroxylation sites is 4. The molecule has 0 atom stereocenters. The normalized spacial score (nSPS) is 11.5. The molecule has 0 saturated heterocycles. The molecule has 0 aliphatic heterocycles. The van der Waals surface area contributed by atoms with Gasteiger partial charge in [0.25, 0.3) is 0 Å². The minimum Gasteiger partial charge on any atom is -0.311 e. The molecule has 326 valence electrons. The van der Waals surface area contributed by atoms with E-state index in [0.717, 1.165) is 49.8 Å². The van der Waals surface area contributed by atoms with Gasteiger partial charge in [-0.05, 0) is 152 Å². The van der Waals surface area contributed by atoms with Crippen LogP contribution in [0.15, 0.2) is 261 Å². The summed E-state index contributed by atoms with van der Waals surface area (Å²) in [5.41, 5.74) is 10.3. The van der Waals surface area contributed by atoms with Gasteiger partial charge in [0.2, 0.25) is 0 Å². The fourth-order valence-electron chi connectivity index (χ4n) is 10.1. The highest BCUT2D eigenvalue weighted by Gasteiger charge is 2.23. The molecule has 2 heterocycles. The quantitative estimate of drug-likeness (QED) is 0.0945. The van der Waals surface area contributed by atoms with Gasteiger partial charge in [0.1, 0.15) is 10.0 Å². The Morgan fingerprint density at radius 2 is 0.594 bits per heavy atom. The van der Waals surface area contributed by atoms with Crippen LogP contribution >= 0.6 is 22.7 Å². The lowest BCUT2D eigenvalue weighted by Crippen LogP contribution is -2.09. The Hall–Kier alpha value is -8.48. The number of rotatable bonds is 11. The Balaban J connectivity index is 0.917. The van der Waals surface area contributed by atoms with Crippen molar-refractivity contribution in [1.29, 1.82) is 0 Å². The van der Waals surface area contributed by atoms with Crippen LogP contribution in [-0.2, 0) is 0 Å². The van der Waals surface area contributed by atoms with Crippen LogP contribution in [0.25, 0.3) is 64.0 Å². The van der Waals surface area contributed by atoms with Crippen LogP contribution in [0.2, 0.25) is 0 Å². The van der Waals surface area contributed by atoms with Crippen molar-refractivity contribution in [3.8, 4) is 20.9 Å². The number of anilines is 9. The van der Waals surface area contributed by atoms with E-state index in [1.165, 1.54) is 64.0 Å². The van der Waals surface area contributed by atoms with Crippen molar-refractivity contribution in [3.63, 3.8) is 0 Å². The molecule has 5 heteroatoms. The van der Waals surface area contributed by atoms with E-state index in [9.17, 15) is 0 Å². The fraction of sp³-hybridized carbons (Fsp3) is 0. The van der Waals surface area contributed by atoms with E-state index in [2.05, 4.69) is 276 Å². The lowest BCUT2D eigenvalue weighted by atomic mass is 9.89. The SMILES string of the molecule is c1ccc(N(c2ccccc2)c2ccc(-c3ccc(N(c4ccc(-c5ccc(N(c6ccccc6)c6ccccc6)cc5)s4)c4ccc5c6cccc7cccc(c8cccc4c85)c76)s3)cc2)cc1. The Bertz CT molecular complexity index is 3590. The minimum absolute atomic E-state index is 1.11. The van der Waals surface area contributed by atoms with E-state index in [1.807, 2.05) is 22.7 Å². The first-order chi connectivity index (χ1) is 34.2. The molecule has 69 heavy (non-hydrogen) atoms. The Labute approximate surface area is 409 Å². The highest BCUT2D eigenvalue weighted by atomic mass is 32.1. The van der Waals surface area contributed by atoms with Crippen LogP contribution in [0, 0.1) is 0 Å². The second-order valence-electron chi connectivity index (χ2n) is 17.3. The van der Waals surface area contributed by atoms with E-state index in [-0.39, 0.29) is 0 Å². The summed E-state index contributed by atoms with van der Waals surface area (Å²) in [6, 6.07) is 94.6. The number of fused-ring (bicyclic) bond motifs is 2. The van der Waals surface area contributed by atoms with Gasteiger partial charge in [-0.25, -0.2) is 0 Å². The predicted octanol–water partition coefficient (Wildman–Crippen LogP) is 19.6. The molecular formula is C64H43N3S2. The summed E-state index contributed by atoms with van der Waals surface area (Å²) in [6.07, 6.45) is 0. The fourth-order valence-corrected chi connectivity index (χ4v) is 12.3. The van der Waals surface area contributed by atoms with Gasteiger partial charge in [0.05, 0.1) is 5.69 Å². The number of thiophene rings is 2. The van der Waals surface area contributed by atoms with E-state index in [0.29, 0.717) is 0 Å². The summed E-state index contributed by atoms with van der Waals surface area (Å²) in [7, 11) is 0. The Morgan fingerprint density at radius 3 is 1.03 bits per heavy atom. The van der Waals surface area contributed by atoms with Crippen molar-refractivity contribution in [2.75, 3.05) is 14.7 Å². The van der Waals surface area contributed by atoms with E-state index < -0.39 is 0 Å². The lowest BCUT2D eigenvalue weighted by molar-refractivity contribution is 1.28. The van der Waals surface area contributed by atoms with Crippen molar-refractivity contribution >= 4 is 116 Å². The Morgan fingerprint density at radius 1 is 0.232 bits per heavy atom. The third-order valence-electron chi connectivity index (χ3n) is 13.2. The van der Waals surface area contributed by atoms with Crippen LogP contribution in [0.3, 0.4) is 0 Å². The maximum atomic E-state index is 2.49. The molecule has 0 radical (unpaired) electrons. The van der Waals surface area contributed by atoms with Gasteiger partial charge in [-0.1, -0.05) is 158 Å². The van der Waals surface area contributed by atoms with Crippen molar-refractivity contribution in [1.82, 2.24) is 0 Å². The summed E-state index contributed by atoms with van der Waals surface area (Å²) in [6.45, 7) is 0. The molecule has 0 N–H and O–H groups in total. The van der Waals surface area contributed by atoms with Crippen molar-refractivity contribution in [2.24, 2.45) is 0 Å². The molecule has 0 unspecified atom stereocenters. The lowest BCUT2D eigenvalue weighted by Gasteiger charge is -2.25. The molecule has 0 bridgehead atoms. The van der Waals surface area contributed by atoms with Crippen LogP contribution in [0.4, 0.5) is 49.8 Å². The molecule has 0 fully saturated rings. The van der Waals surface area contributed by atoms with Crippen molar-refractivity contribution in [3.05, 3.63) is 261 Å². The zero-order valence-corrected chi connectivity index (χ0v) is 39.1. The summed E-state index contributed by atoms with van der Waals surface area (Å²) < 4.78 is 0. The van der Waals surface area contributed by atoms with Crippen LogP contribution in [-0.4, -0.2) is 0 Å². The topological polar surface area (TPSA) is 9.72 Å². The van der Waals surface area contributed by atoms with Gasteiger partial charge in [-0.15, -0.1) is 22.7 Å². The minimum atomic E-state index is 1.11. The van der Waals surface area contributed by atoms with Gasteiger partial charge in [0, 0.05) is 49.3 Å². The molecule has 0 spiro atoms. The van der Waals surface area contributed by atoms with Crippen molar-refractivity contribution in [2.45, 2.75) is 0 Å². The summed E-state index contributed by atoms with van der Waals surface area (Å²) in [5, 5.41) is 12.6. The van der Waals surface area contributed by atoms with E-state index in [4.69, 9.17) is 0 Å². The number of hydrogen-bond donors (Lipinski definition) is 0. The molecule has 3 nitrogen and oxygen atoms in total. The van der Waals surface area contributed by atoms with E-state index in [1.54, 1.807) is 0 Å². The third-order valence-corrected chi connectivity index (χ3v) is 15.5. The smallest absolute Gasteiger partial charge is 0.101 e. The Kier molecular flexibility index (Phi) is 10.2. The highest BCUT2D eigenvalue weighted by Crippen LogP contribution is 2.51. The summed E-state index contributed by atoms with van der Waals surface area (Å²) in [4.78, 5) is 9.54. The average molecular weight is 918 g/mol. The zero-order chi connectivity index (χ0) is 45.7. The summed E-state index contributed by atoms with van der Waals surface area (Å²) in [5.74, 6) is 0. The van der Waals surface area contributed by atoms with Crippen LogP contribution < -0.4 is 14.7 Å². The second-order valence-corrected chi connectivity index (χ2v) is 19.4. The third kappa shape index (κ3) is 7.28. The van der Waals surface area contributed by atoms with Crippen LogP contribution in [0.1, 0.15) is 0 Å². The molecule has 0 aliphatic rings. The number of nitrogens with zero attached hydrogens (tertiary/aromatic N) is 3. The summed E-state index contributed by atoms with van der Waals surface area (Å²) >= 11 is 3.66. The van der Waals surface area contributed by atoms with Crippen LogP contribution in [0.5, 0.6) is 0 Å². The molecule has 0 amide bonds. The maximum absolute atomic E-state index is 2.49. The maximum Gasteiger partial charge on any atom is 0.101 e. The van der Waals surface area contributed by atoms with Gasteiger partial charge in [-0.2, -0.15) is 0 Å². The number of hydrogen-bond acceptors (Lipinski definition) is 5. The molecule has 13 rings (SSSR count). The van der Waals surface area contributed by atoms with Gasteiger partial charge >= 0.3 is 0 Å². The van der Waals surface area contributed by atoms with Crippen molar-refractivity contribution < 1.29 is 0 Å². The largest absolute Gasteiger partial charge is 0.311 e. The first-order valence-electron chi connectivity index (χ1n) is 23.3. The van der Waals surface area contributed by atoms with Gasteiger partial charge in [0.15, 0.2) is 0 Å². The first-order valence-corrected chi connectivity index (χ1v) is 25.0. The first kappa shape index (κ1) is 40.8. The standard InChI is InChI=1S/C64H43N3S2/c1-5-18-47(19-6-1)65(48-20-7-2-8-21-48)51-34-30-44(31-35-51)59-40-42-61(68-59)67(58-39-38-56-54-27-14-17-46-16-13-26-53(63(46)54)55-28-15-29-57(58)64(55)56)62-43-41-60(69-62)45-32-36-52(37-33-45)66(49-22-9-3-10-23-49)50-24-11-4-12-25-50/h1-43H. The molecule has 11 aromatic carbocycles. The molecular weight excluding hydrogens is 875 g/mol. The second kappa shape index (κ2) is 17.3. The monoisotopic (exact) mass is 917 g/mol. The molecule has 13 aromatic rings. The predicted molar refractivity (Wildman–Crippen MR) is 298 cm³/mol. The molecule has 2 aromatic heterocycles. The molecule has 0 aliphatic carbocycles. The van der Waals surface area contributed by atoms with Gasteiger partial charge in [-0.3, -0.25) is 4.90 Å². The average Bonchev–Trinajstić information content (AvgIpc) is 4.12.